The Morgan fingerprint density at radius 1 is 1.43 bits per heavy atom. The molecule has 0 aliphatic carbocycles. The minimum absolute atomic E-state index is 0.0986. The fraction of sp³-hybridized carbons (Fsp3) is 0.333. The van der Waals surface area contributed by atoms with Crippen LogP contribution in [0.3, 0.4) is 0 Å². The van der Waals surface area contributed by atoms with Gasteiger partial charge in [-0.3, -0.25) is 0 Å². The standard InChI is InChI=1S/C15H18N4O2/c1-2-21-14-6-4-3-5-13(14)17-15(20)19-9-12(10-19)18-8-7-16-11-18/h3-8,11-12H,2,9-10H2,1H3,(H,17,20). The first-order valence-electron chi connectivity index (χ1n) is 7.03. The molecule has 1 saturated heterocycles. The monoisotopic (exact) mass is 286 g/mol. The molecule has 2 aromatic rings. The quantitative estimate of drug-likeness (QED) is 0.938. The first-order valence-corrected chi connectivity index (χ1v) is 7.03. The van der Waals surface area contributed by atoms with Crippen LogP contribution >= 0.6 is 0 Å². The highest BCUT2D eigenvalue weighted by Crippen LogP contribution is 2.26. The number of aromatic nitrogens is 2. The maximum atomic E-state index is 12.2. The molecule has 0 saturated carbocycles. The third kappa shape index (κ3) is 2.84. The molecule has 2 heterocycles. The Labute approximate surface area is 123 Å². The summed E-state index contributed by atoms with van der Waals surface area (Å²) in [7, 11) is 0. The Kier molecular flexibility index (Phi) is 3.77. The highest BCUT2D eigenvalue weighted by molar-refractivity contribution is 5.91. The van der Waals surface area contributed by atoms with E-state index < -0.39 is 0 Å². The molecular weight excluding hydrogens is 268 g/mol. The molecule has 1 N–H and O–H groups in total. The zero-order chi connectivity index (χ0) is 14.7. The van der Waals surface area contributed by atoms with E-state index in [1.165, 1.54) is 0 Å². The molecule has 0 spiro atoms. The average Bonchev–Trinajstić information content (AvgIpc) is 2.93. The molecule has 6 nitrogen and oxygen atoms in total. The molecule has 0 bridgehead atoms. The lowest BCUT2D eigenvalue weighted by molar-refractivity contribution is 0.135. The Balaban J connectivity index is 1.58. The van der Waals surface area contributed by atoms with Crippen LogP contribution in [-0.4, -0.2) is 40.2 Å². The third-order valence-corrected chi connectivity index (χ3v) is 3.52. The second kappa shape index (κ2) is 5.87. The number of hydrogen-bond acceptors (Lipinski definition) is 3. The van der Waals surface area contributed by atoms with E-state index >= 15 is 0 Å². The molecule has 6 heteroatoms. The van der Waals surface area contributed by atoms with Crippen LogP contribution in [0.25, 0.3) is 0 Å². The van der Waals surface area contributed by atoms with E-state index in [9.17, 15) is 4.79 Å². The highest BCUT2D eigenvalue weighted by Gasteiger charge is 2.31. The first-order chi connectivity index (χ1) is 10.3. The number of urea groups is 1. The SMILES string of the molecule is CCOc1ccccc1NC(=O)N1CC(n2ccnc2)C1. The Bertz CT molecular complexity index is 606. The number of para-hydroxylation sites is 2. The average molecular weight is 286 g/mol. The lowest BCUT2D eigenvalue weighted by Gasteiger charge is -2.39. The largest absolute Gasteiger partial charge is 0.492 e. The van der Waals surface area contributed by atoms with Gasteiger partial charge < -0.3 is 19.5 Å². The zero-order valence-electron chi connectivity index (χ0n) is 11.9. The molecule has 1 aromatic heterocycles. The predicted octanol–water partition coefficient (Wildman–Crippen LogP) is 2.37. The van der Waals surface area contributed by atoms with E-state index in [1.54, 1.807) is 17.4 Å². The summed E-state index contributed by atoms with van der Waals surface area (Å²) < 4.78 is 7.53. The van der Waals surface area contributed by atoms with Gasteiger partial charge in [0, 0.05) is 25.5 Å². The molecule has 3 rings (SSSR count). The van der Waals surface area contributed by atoms with E-state index in [1.807, 2.05) is 42.0 Å². The van der Waals surface area contributed by atoms with E-state index in [4.69, 9.17) is 4.74 Å². The van der Waals surface area contributed by atoms with Crippen molar-refractivity contribution in [2.24, 2.45) is 0 Å². The summed E-state index contributed by atoms with van der Waals surface area (Å²) in [6.07, 6.45) is 5.45. The number of nitrogens with zero attached hydrogens (tertiary/aromatic N) is 3. The van der Waals surface area contributed by atoms with Gasteiger partial charge in [0.15, 0.2) is 0 Å². The molecule has 1 aromatic carbocycles. The predicted molar refractivity (Wildman–Crippen MR) is 79.5 cm³/mol. The summed E-state index contributed by atoms with van der Waals surface area (Å²) in [5, 5.41) is 2.90. The van der Waals surface area contributed by atoms with E-state index in [-0.39, 0.29) is 6.03 Å². The van der Waals surface area contributed by atoms with Gasteiger partial charge in [0.1, 0.15) is 5.75 Å². The van der Waals surface area contributed by atoms with E-state index in [0.717, 1.165) is 0 Å². The number of likely N-dealkylation sites (tertiary alicyclic amines) is 1. The third-order valence-electron chi connectivity index (χ3n) is 3.52. The molecule has 0 unspecified atom stereocenters. The lowest BCUT2D eigenvalue weighted by Crippen LogP contribution is -2.52. The van der Waals surface area contributed by atoms with Crippen molar-refractivity contribution < 1.29 is 9.53 Å². The first kappa shape index (κ1) is 13.5. The molecule has 1 fully saturated rings. The van der Waals surface area contributed by atoms with Crippen LogP contribution in [0.2, 0.25) is 0 Å². The van der Waals surface area contributed by atoms with Crippen LogP contribution in [0.5, 0.6) is 5.75 Å². The molecule has 2 amide bonds. The fourth-order valence-corrected chi connectivity index (χ4v) is 2.34. The van der Waals surface area contributed by atoms with Crippen LogP contribution in [-0.2, 0) is 0 Å². The summed E-state index contributed by atoms with van der Waals surface area (Å²) in [5.74, 6) is 0.694. The van der Waals surface area contributed by atoms with Crippen molar-refractivity contribution in [1.82, 2.24) is 14.5 Å². The molecule has 0 atom stereocenters. The number of nitrogens with one attached hydrogen (secondary N) is 1. The number of benzene rings is 1. The van der Waals surface area contributed by atoms with Crippen LogP contribution in [0, 0.1) is 0 Å². The number of ether oxygens (including phenoxy) is 1. The normalized spacial score (nSPS) is 14.6. The zero-order valence-corrected chi connectivity index (χ0v) is 11.9. The number of hydrogen-bond donors (Lipinski definition) is 1. The Morgan fingerprint density at radius 2 is 2.24 bits per heavy atom. The number of rotatable bonds is 4. The van der Waals surface area contributed by atoms with Gasteiger partial charge >= 0.3 is 6.03 Å². The summed E-state index contributed by atoms with van der Waals surface area (Å²) in [6, 6.07) is 7.68. The maximum Gasteiger partial charge on any atom is 0.322 e. The van der Waals surface area contributed by atoms with Crippen LogP contribution in [0.15, 0.2) is 43.0 Å². The van der Waals surface area contributed by atoms with Crippen molar-refractivity contribution in [3.05, 3.63) is 43.0 Å². The van der Waals surface area contributed by atoms with Crippen molar-refractivity contribution in [2.45, 2.75) is 13.0 Å². The topological polar surface area (TPSA) is 59.4 Å². The van der Waals surface area contributed by atoms with Gasteiger partial charge in [0.05, 0.1) is 24.7 Å². The number of carbonyl (C=O) groups excluding carboxylic acids is 1. The number of anilines is 1. The van der Waals surface area contributed by atoms with Gasteiger partial charge in [0.25, 0.3) is 0 Å². The number of carbonyl (C=O) groups is 1. The van der Waals surface area contributed by atoms with Gasteiger partial charge in [-0.2, -0.15) is 0 Å². The molecule has 1 aliphatic heterocycles. The maximum absolute atomic E-state index is 12.2. The van der Waals surface area contributed by atoms with Crippen molar-refractivity contribution in [3.8, 4) is 5.75 Å². The van der Waals surface area contributed by atoms with Crippen LogP contribution < -0.4 is 10.1 Å². The van der Waals surface area contributed by atoms with E-state index in [0.29, 0.717) is 37.2 Å². The summed E-state index contributed by atoms with van der Waals surface area (Å²) >= 11 is 0. The summed E-state index contributed by atoms with van der Waals surface area (Å²) in [4.78, 5) is 18.0. The number of imidazole rings is 1. The highest BCUT2D eigenvalue weighted by atomic mass is 16.5. The minimum Gasteiger partial charge on any atom is -0.492 e. The fourth-order valence-electron chi connectivity index (χ4n) is 2.34. The second-order valence-corrected chi connectivity index (χ2v) is 4.93. The molecule has 1 aliphatic rings. The van der Waals surface area contributed by atoms with Gasteiger partial charge in [-0.1, -0.05) is 12.1 Å². The van der Waals surface area contributed by atoms with Crippen molar-refractivity contribution in [2.75, 3.05) is 25.0 Å². The molecule has 21 heavy (non-hydrogen) atoms. The minimum atomic E-state index is -0.0986. The van der Waals surface area contributed by atoms with Crippen molar-refractivity contribution >= 4 is 11.7 Å². The number of amides is 2. The Morgan fingerprint density at radius 3 is 2.95 bits per heavy atom. The van der Waals surface area contributed by atoms with Crippen LogP contribution in [0.1, 0.15) is 13.0 Å². The van der Waals surface area contributed by atoms with Gasteiger partial charge in [-0.15, -0.1) is 0 Å². The molecular formula is C15H18N4O2. The lowest BCUT2D eigenvalue weighted by atomic mass is 10.1. The Hall–Kier alpha value is -2.50. The van der Waals surface area contributed by atoms with Gasteiger partial charge in [-0.25, -0.2) is 9.78 Å². The summed E-state index contributed by atoms with van der Waals surface area (Å²) in [6.45, 7) is 3.88. The van der Waals surface area contributed by atoms with Gasteiger partial charge in [0.2, 0.25) is 0 Å². The van der Waals surface area contributed by atoms with Crippen molar-refractivity contribution in [3.63, 3.8) is 0 Å². The molecule has 110 valence electrons. The second-order valence-electron chi connectivity index (χ2n) is 4.93. The van der Waals surface area contributed by atoms with E-state index in [2.05, 4.69) is 10.3 Å². The molecule has 0 radical (unpaired) electrons. The van der Waals surface area contributed by atoms with Crippen LogP contribution in [0.4, 0.5) is 10.5 Å². The van der Waals surface area contributed by atoms with Gasteiger partial charge in [-0.05, 0) is 19.1 Å². The smallest absolute Gasteiger partial charge is 0.322 e. The summed E-state index contributed by atoms with van der Waals surface area (Å²) in [5.41, 5.74) is 0.704. The van der Waals surface area contributed by atoms with Crippen molar-refractivity contribution in [1.29, 1.82) is 0 Å².